The van der Waals surface area contributed by atoms with Gasteiger partial charge in [0.25, 0.3) is 5.56 Å². The van der Waals surface area contributed by atoms with E-state index in [-0.39, 0.29) is 23.8 Å². The normalized spacial score (nSPS) is 16.2. The molecule has 0 radical (unpaired) electrons. The van der Waals surface area contributed by atoms with Gasteiger partial charge in [0.1, 0.15) is 23.9 Å². The van der Waals surface area contributed by atoms with E-state index in [9.17, 15) is 14.0 Å². The van der Waals surface area contributed by atoms with Crippen LogP contribution in [0.15, 0.2) is 47.3 Å². The van der Waals surface area contributed by atoms with Crippen LogP contribution in [0.1, 0.15) is 19.3 Å². The van der Waals surface area contributed by atoms with Crippen molar-refractivity contribution in [1.82, 2.24) is 19.8 Å². The zero-order valence-electron chi connectivity index (χ0n) is 20.2. The minimum atomic E-state index is -0.438. The van der Waals surface area contributed by atoms with Gasteiger partial charge >= 0.3 is 0 Å². The first-order valence-corrected chi connectivity index (χ1v) is 12.6. The number of amides is 1. The van der Waals surface area contributed by atoms with Crippen molar-refractivity contribution < 1.29 is 18.7 Å². The van der Waals surface area contributed by atoms with Gasteiger partial charge in [0.05, 0.1) is 30.7 Å². The number of morpholine rings is 1. The first-order chi connectivity index (χ1) is 17.6. The maximum Gasteiger partial charge on any atom is 0.262 e. The molecular weight excluding hydrogens is 463 g/mol. The molecule has 3 aromatic rings. The van der Waals surface area contributed by atoms with Gasteiger partial charge < -0.3 is 14.8 Å². The molecule has 1 saturated heterocycles. The molecule has 2 fully saturated rings. The average molecular weight is 495 g/mol. The van der Waals surface area contributed by atoms with Crippen molar-refractivity contribution in [2.75, 3.05) is 46.0 Å². The molecule has 0 spiro atoms. The van der Waals surface area contributed by atoms with E-state index < -0.39 is 5.82 Å². The van der Waals surface area contributed by atoms with Crippen LogP contribution in [0, 0.1) is 11.7 Å². The molecule has 0 unspecified atom stereocenters. The molecule has 1 aromatic heterocycles. The Bertz CT molecular complexity index is 1280. The largest absolute Gasteiger partial charge is 0.494 e. The number of benzene rings is 2. The minimum absolute atomic E-state index is 0.190. The molecule has 190 valence electrons. The van der Waals surface area contributed by atoms with E-state index >= 15 is 0 Å². The zero-order valence-corrected chi connectivity index (χ0v) is 20.2. The van der Waals surface area contributed by atoms with Crippen LogP contribution in [0.25, 0.3) is 22.3 Å². The van der Waals surface area contributed by atoms with E-state index in [2.05, 4.69) is 15.2 Å². The minimum Gasteiger partial charge on any atom is -0.494 e. The van der Waals surface area contributed by atoms with Gasteiger partial charge in [-0.2, -0.15) is 0 Å². The van der Waals surface area contributed by atoms with Crippen molar-refractivity contribution >= 4 is 16.8 Å². The lowest BCUT2D eigenvalue weighted by molar-refractivity contribution is -0.121. The van der Waals surface area contributed by atoms with Gasteiger partial charge in [-0.25, -0.2) is 9.37 Å². The Labute approximate surface area is 209 Å². The van der Waals surface area contributed by atoms with Gasteiger partial charge in [-0.1, -0.05) is 12.1 Å². The summed E-state index contributed by atoms with van der Waals surface area (Å²) < 4.78 is 26.6. The fourth-order valence-electron chi connectivity index (χ4n) is 4.37. The molecule has 0 bridgehead atoms. The average Bonchev–Trinajstić information content (AvgIpc) is 3.72. The van der Waals surface area contributed by atoms with E-state index in [0.717, 1.165) is 52.1 Å². The molecular formula is C27H31FN4O4. The summed E-state index contributed by atoms with van der Waals surface area (Å²) in [6, 6.07) is 11.1. The van der Waals surface area contributed by atoms with Gasteiger partial charge in [0, 0.05) is 31.7 Å². The number of nitrogens with one attached hydrogen (secondary N) is 1. The first-order valence-electron chi connectivity index (χ1n) is 12.6. The summed E-state index contributed by atoms with van der Waals surface area (Å²) in [5.74, 6) is 0.649. The number of rotatable bonds is 10. The number of ether oxygens (including phenoxy) is 2. The summed E-state index contributed by atoms with van der Waals surface area (Å²) in [7, 11) is 0. The lowest BCUT2D eigenvalue weighted by atomic mass is 10.1. The monoisotopic (exact) mass is 494 g/mol. The van der Waals surface area contributed by atoms with E-state index in [1.54, 1.807) is 30.3 Å². The van der Waals surface area contributed by atoms with Crippen molar-refractivity contribution in [2.45, 2.75) is 25.8 Å². The summed E-state index contributed by atoms with van der Waals surface area (Å²) in [4.78, 5) is 33.2. The first kappa shape index (κ1) is 24.4. The van der Waals surface area contributed by atoms with Crippen molar-refractivity contribution in [3.8, 4) is 17.1 Å². The highest BCUT2D eigenvalue weighted by molar-refractivity contribution is 5.83. The number of carbonyl (C=O) groups is 1. The molecule has 2 aliphatic rings. The second-order valence-corrected chi connectivity index (χ2v) is 9.42. The third kappa shape index (κ3) is 6.09. The molecule has 9 heteroatoms. The second-order valence-electron chi connectivity index (χ2n) is 9.42. The van der Waals surface area contributed by atoms with E-state index in [0.29, 0.717) is 41.3 Å². The molecule has 1 amide bonds. The molecule has 1 aliphatic carbocycles. The van der Waals surface area contributed by atoms with Gasteiger partial charge in [-0.3, -0.25) is 19.1 Å². The van der Waals surface area contributed by atoms with Crippen LogP contribution in [0.5, 0.6) is 5.75 Å². The predicted octanol–water partition coefficient (Wildman–Crippen LogP) is 2.83. The standard InChI is InChI=1S/C27H31FN4O4/c28-21-4-1-3-20(15-21)26-30-24-8-7-22(36-12-2-9-31-10-13-35-14-11-31)16-23(24)27(34)32(26)18-25(33)29-17-19-5-6-19/h1,3-4,7-8,15-16,19H,2,5-6,9-14,17-18H2,(H,29,33). The Balaban J connectivity index is 1.37. The molecule has 36 heavy (non-hydrogen) atoms. The summed E-state index contributed by atoms with van der Waals surface area (Å²) in [5.41, 5.74) is 0.543. The second kappa shape index (κ2) is 11.2. The lowest BCUT2D eigenvalue weighted by Gasteiger charge is -2.26. The summed E-state index contributed by atoms with van der Waals surface area (Å²) in [5, 5.41) is 3.25. The fraction of sp³-hybridized carbons (Fsp3) is 0.444. The number of hydrogen-bond acceptors (Lipinski definition) is 6. The maximum absolute atomic E-state index is 14.0. The van der Waals surface area contributed by atoms with Crippen LogP contribution in [0.2, 0.25) is 0 Å². The van der Waals surface area contributed by atoms with Crippen LogP contribution < -0.4 is 15.6 Å². The number of halogens is 1. The summed E-state index contributed by atoms with van der Waals surface area (Å²) in [6.07, 6.45) is 3.09. The van der Waals surface area contributed by atoms with Crippen LogP contribution >= 0.6 is 0 Å². The highest BCUT2D eigenvalue weighted by Crippen LogP contribution is 2.27. The quantitative estimate of drug-likeness (QED) is 0.437. The Morgan fingerprint density at radius 3 is 2.78 bits per heavy atom. The van der Waals surface area contributed by atoms with Crippen LogP contribution in [-0.2, 0) is 16.1 Å². The molecule has 1 N–H and O–H groups in total. The van der Waals surface area contributed by atoms with Crippen LogP contribution in [0.4, 0.5) is 4.39 Å². The van der Waals surface area contributed by atoms with Crippen LogP contribution in [0.3, 0.4) is 0 Å². The van der Waals surface area contributed by atoms with Gasteiger partial charge in [0.15, 0.2) is 0 Å². The molecule has 2 heterocycles. The Hall–Kier alpha value is -3.30. The fourth-order valence-corrected chi connectivity index (χ4v) is 4.37. The Morgan fingerprint density at radius 2 is 2.00 bits per heavy atom. The number of fused-ring (bicyclic) bond motifs is 1. The third-order valence-corrected chi connectivity index (χ3v) is 6.59. The molecule has 5 rings (SSSR count). The Morgan fingerprint density at radius 1 is 1.17 bits per heavy atom. The van der Waals surface area contributed by atoms with E-state index in [4.69, 9.17) is 9.47 Å². The molecule has 1 aliphatic heterocycles. The third-order valence-electron chi connectivity index (χ3n) is 6.59. The number of aromatic nitrogens is 2. The molecule has 2 aromatic carbocycles. The van der Waals surface area contributed by atoms with Gasteiger partial charge in [-0.15, -0.1) is 0 Å². The SMILES string of the molecule is O=C(Cn1c(-c2cccc(F)c2)nc2ccc(OCCCN3CCOCC3)cc2c1=O)NCC1CC1. The van der Waals surface area contributed by atoms with Gasteiger partial charge in [-0.05, 0) is 55.5 Å². The molecule has 0 atom stereocenters. The highest BCUT2D eigenvalue weighted by Gasteiger charge is 2.22. The number of carbonyl (C=O) groups excluding carboxylic acids is 1. The van der Waals surface area contributed by atoms with Crippen molar-refractivity contribution in [3.63, 3.8) is 0 Å². The van der Waals surface area contributed by atoms with Crippen molar-refractivity contribution in [2.24, 2.45) is 5.92 Å². The van der Waals surface area contributed by atoms with Crippen LogP contribution in [-0.4, -0.2) is 66.4 Å². The number of hydrogen-bond donors (Lipinski definition) is 1. The molecule has 8 nitrogen and oxygen atoms in total. The van der Waals surface area contributed by atoms with Crippen molar-refractivity contribution in [1.29, 1.82) is 0 Å². The summed E-state index contributed by atoms with van der Waals surface area (Å²) >= 11 is 0. The van der Waals surface area contributed by atoms with Crippen molar-refractivity contribution in [3.05, 3.63) is 58.6 Å². The van der Waals surface area contributed by atoms with E-state index in [1.165, 1.54) is 16.7 Å². The summed E-state index contributed by atoms with van der Waals surface area (Å²) in [6.45, 7) is 5.26. The lowest BCUT2D eigenvalue weighted by Crippen LogP contribution is -2.37. The van der Waals surface area contributed by atoms with Gasteiger partial charge in [0.2, 0.25) is 5.91 Å². The molecule has 1 saturated carbocycles. The highest BCUT2D eigenvalue weighted by atomic mass is 19.1. The van der Waals surface area contributed by atoms with E-state index in [1.807, 2.05) is 0 Å². The smallest absolute Gasteiger partial charge is 0.262 e. The topological polar surface area (TPSA) is 85.7 Å². The predicted molar refractivity (Wildman–Crippen MR) is 135 cm³/mol. The Kier molecular flexibility index (Phi) is 7.58. The number of nitrogens with zero attached hydrogens (tertiary/aromatic N) is 3. The zero-order chi connectivity index (χ0) is 24.9. The maximum atomic E-state index is 14.0.